The normalized spacial score (nSPS) is 10.8. The van der Waals surface area contributed by atoms with E-state index in [0.717, 1.165) is 0 Å². The van der Waals surface area contributed by atoms with Crippen molar-refractivity contribution in [3.05, 3.63) is 24.3 Å². The van der Waals surface area contributed by atoms with E-state index in [-0.39, 0.29) is 0 Å². The maximum absolute atomic E-state index is 4.97. The van der Waals surface area contributed by atoms with Crippen LogP contribution in [-0.4, -0.2) is 13.2 Å². The average Bonchev–Trinajstić information content (AvgIpc) is 1.97. The van der Waals surface area contributed by atoms with Gasteiger partial charge in [0.25, 0.3) is 0 Å². The molecule has 0 radical (unpaired) electrons. The van der Waals surface area contributed by atoms with Gasteiger partial charge in [-0.25, -0.2) is 0 Å². The minimum absolute atomic E-state index is 0.389. The number of rotatable bonds is 4. The maximum Gasteiger partial charge on any atom is 0.107 e. The third-order valence-corrected chi connectivity index (χ3v) is 0.839. The van der Waals surface area contributed by atoms with Crippen LogP contribution >= 0.6 is 0 Å². The highest BCUT2D eigenvalue weighted by molar-refractivity contribution is 5.01. The maximum atomic E-state index is 4.97. The predicted molar refractivity (Wildman–Crippen MR) is 43.6 cm³/mol. The van der Waals surface area contributed by atoms with E-state index in [4.69, 9.17) is 11.2 Å². The molecule has 0 N–H and O–H groups in total. The number of ether oxygens (including phenoxy) is 1. The fourth-order valence-electron chi connectivity index (χ4n) is 0.431. The molecule has 0 aliphatic carbocycles. The molecule has 0 aromatic rings. The van der Waals surface area contributed by atoms with E-state index in [9.17, 15) is 0 Å². The molecule has 0 saturated carbocycles. The summed E-state index contributed by atoms with van der Waals surface area (Å²) in [7, 11) is 0. The van der Waals surface area contributed by atoms with Gasteiger partial charge in [0, 0.05) is 0 Å². The lowest BCUT2D eigenvalue weighted by Crippen LogP contribution is -1.89. The van der Waals surface area contributed by atoms with Crippen molar-refractivity contribution in [3.63, 3.8) is 0 Å². The summed E-state index contributed by atoms with van der Waals surface area (Å²) in [4.78, 5) is 0. The zero-order valence-corrected chi connectivity index (χ0v) is 6.21. The van der Waals surface area contributed by atoms with Gasteiger partial charge in [-0.1, -0.05) is 30.2 Å². The molecule has 1 heteroatoms. The fourth-order valence-corrected chi connectivity index (χ4v) is 0.431. The van der Waals surface area contributed by atoms with Gasteiger partial charge in [-0.05, 0) is 6.92 Å². The van der Waals surface area contributed by atoms with Gasteiger partial charge in [0.05, 0.1) is 6.61 Å². The van der Waals surface area contributed by atoms with Crippen molar-refractivity contribution in [2.24, 2.45) is 0 Å². The largest absolute Gasteiger partial charge is 0.365 e. The Morgan fingerprint density at radius 1 is 1.50 bits per heavy atom. The van der Waals surface area contributed by atoms with Crippen molar-refractivity contribution in [2.75, 3.05) is 13.2 Å². The summed E-state index contributed by atoms with van der Waals surface area (Å²) < 4.78 is 4.97. The van der Waals surface area contributed by atoms with Gasteiger partial charge < -0.3 is 4.74 Å². The Hall–Kier alpha value is -1.00. The first-order valence-electron chi connectivity index (χ1n) is 3.21. The molecule has 0 aromatic heterocycles. The average molecular weight is 136 g/mol. The Morgan fingerprint density at radius 3 is 2.90 bits per heavy atom. The van der Waals surface area contributed by atoms with Crippen molar-refractivity contribution in [2.45, 2.75) is 6.92 Å². The van der Waals surface area contributed by atoms with E-state index in [1.807, 2.05) is 31.2 Å². The zero-order valence-electron chi connectivity index (χ0n) is 6.21. The second kappa shape index (κ2) is 8.00. The molecule has 0 atom stereocenters. The first kappa shape index (κ1) is 9.00. The van der Waals surface area contributed by atoms with Crippen LogP contribution in [-0.2, 0) is 4.74 Å². The number of hydrogen-bond acceptors (Lipinski definition) is 1. The Morgan fingerprint density at radius 2 is 2.30 bits per heavy atom. The summed E-state index contributed by atoms with van der Waals surface area (Å²) in [5.41, 5.74) is 0. The van der Waals surface area contributed by atoms with Crippen LogP contribution in [0, 0.1) is 12.3 Å². The van der Waals surface area contributed by atoms with E-state index in [2.05, 4.69) is 5.92 Å². The Balaban J connectivity index is 3.12. The lowest BCUT2D eigenvalue weighted by Gasteiger charge is -1.89. The fraction of sp³-hybridized carbons (Fsp3) is 0.333. The number of allylic oxidation sites excluding steroid dienone is 3. The summed E-state index contributed by atoms with van der Waals surface area (Å²) in [6, 6.07) is 0. The molecule has 0 saturated heterocycles. The highest BCUT2D eigenvalue weighted by Crippen LogP contribution is 1.78. The van der Waals surface area contributed by atoms with Crippen LogP contribution in [0.1, 0.15) is 6.92 Å². The lowest BCUT2D eigenvalue weighted by molar-refractivity contribution is 0.199. The van der Waals surface area contributed by atoms with E-state index in [1.54, 1.807) is 0 Å². The molecule has 0 amide bonds. The molecular formula is C9H12O. The van der Waals surface area contributed by atoms with Crippen LogP contribution in [0.3, 0.4) is 0 Å². The number of hydrogen-bond donors (Lipinski definition) is 0. The molecule has 0 unspecified atom stereocenters. The van der Waals surface area contributed by atoms with Gasteiger partial charge in [0.15, 0.2) is 0 Å². The summed E-state index contributed by atoms with van der Waals surface area (Å²) in [5.74, 6) is 2.38. The first-order chi connectivity index (χ1) is 4.91. The van der Waals surface area contributed by atoms with Gasteiger partial charge in [0.1, 0.15) is 6.61 Å². The van der Waals surface area contributed by atoms with Crippen molar-refractivity contribution in [1.82, 2.24) is 0 Å². The Bertz CT molecular complexity index is 149. The van der Waals surface area contributed by atoms with Crippen LogP contribution in [0.4, 0.5) is 0 Å². The highest BCUT2D eigenvalue weighted by atomic mass is 16.5. The predicted octanol–water partition coefficient (Wildman–Crippen LogP) is 1.77. The molecule has 0 bridgehead atoms. The van der Waals surface area contributed by atoms with Crippen molar-refractivity contribution in [3.8, 4) is 12.3 Å². The lowest BCUT2D eigenvalue weighted by atomic mass is 10.4. The summed E-state index contributed by atoms with van der Waals surface area (Å²) >= 11 is 0. The van der Waals surface area contributed by atoms with Gasteiger partial charge in [-0.3, -0.25) is 0 Å². The van der Waals surface area contributed by atoms with E-state index in [0.29, 0.717) is 13.2 Å². The van der Waals surface area contributed by atoms with E-state index >= 15 is 0 Å². The topological polar surface area (TPSA) is 9.23 Å². The Labute approximate surface area is 62.4 Å². The van der Waals surface area contributed by atoms with E-state index < -0.39 is 0 Å². The molecule has 10 heavy (non-hydrogen) atoms. The van der Waals surface area contributed by atoms with Crippen molar-refractivity contribution >= 4 is 0 Å². The Kier molecular flexibility index (Phi) is 7.20. The monoisotopic (exact) mass is 136 g/mol. The molecule has 0 aliphatic rings. The standard InChI is InChI=1S/C9H12O/c1-3-5-6-7-9-10-8-4-2/h2-3,5-7H,8-9H2,1H3/b5-3+,7-6+. The minimum atomic E-state index is 0.389. The molecule has 0 aliphatic heterocycles. The van der Waals surface area contributed by atoms with Crippen molar-refractivity contribution in [1.29, 1.82) is 0 Å². The minimum Gasteiger partial charge on any atom is -0.365 e. The van der Waals surface area contributed by atoms with Crippen LogP contribution < -0.4 is 0 Å². The summed E-state index contributed by atoms with van der Waals surface area (Å²) in [5, 5.41) is 0. The molecule has 0 aromatic carbocycles. The third kappa shape index (κ3) is 7.00. The smallest absolute Gasteiger partial charge is 0.107 e. The van der Waals surface area contributed by atoms with E-state index in [1.165, 1.54) is 0 Å². The first-order valence-corrected chi connectivity index (χ1v) is 3.21. The molecule has 0 heterocycles. The van der Waals surface area contributed by atoms with Crippen LogP contribution in [0.15, 0.2) is 24.3 Å². The third-order valence-electron chi connectivity index (χ3n) is 0.839. The van der Waals surface area contributed by atoms with Gasteiger partial charge in [-0.15, -0.1) is 6.42 Å². The molecule has 0 spiro atoms. The van der Waals surface area contributed by atoms with Crippen LogP contribution in [0.25, 0.3) is 0 Å². The van der Waals surface area contributed by atoms with Crippen LogP contribution in [0.2, 0.25) is 0 Å². The van der Waals surface area contributed by atoms with Gasteiger partial charge in [-0.2, -0.15) is 0 Å². The van der Waals surface area contributed by atoms with Crippen LogP contribution in [0.5, 0.6) is 0 Å². The SMILES string of the molecule is C#CCOC/C=C/C=C/C. The zero-order chi connectivity index (χ0) is 7.66. The van der Waals surface area contributed by atoms with Crippen molar-refractivity contribution < 1.29 is 4.74 Å². The second-order valence-corrected chi connectivity index (χ2v) is 1.67. The summed E-state index contributed by atoms with van der Waals surface area (Å²) in [6.07, 6.45) is 12.7. The molecule has 54 valence electrons. The number of terminal acetylenes is 1. The summed E-state index contributed by atoms with van der Waals surface area (Å²) in [6.45, 7) is 2.95. The quantitative estimate of drug-likeness (QED) is 0.325. The van der Waals surface area contributed by atoms with Gasteiger partial charge >= 0.3 is 0 Å². The second-order valence-electron chi connectivity index (χ2n) is 1.67. The molecular weight excluding hydrogens is 124 g/mol. The van der Waals surface area contributed by atoms with Gasteiger partial charge in [0.2, 0.25) is 0 Å². The highest BCUT2D eigenvalue weighted by Gasteiger charge is 1.73. The molecule has 0 rings (SSSR count). The molecule has 1 nitrogen and oxygen atoms in total. The molecule has 0 fully saturated rings.